The van der Waals surface area contributed by atoms with Crippen molar-refractivity contribution in [1.29, 1.82) is 0 Å². The van der Waals surface area contributed by atoms with E-state index < -0.39 is 10.0 Å². The average Bonchev–Trinajstić information content (AvgIpc) is 2.58. The van der Waals surface area contributed by atoms with Crippen LogP contribution < -0.4 is 9.46 Å². The van der Waals surface area contributed by atoms with E-state index in [-0.39, 0.29) is 4.90 Å². The molecule has 6 heteroatoms. The molecule has 5 nitrogen and oxygen atoms in total. The monoisotopic (exact) mass is 341 g/mol. The Bertz CT molecular complexity index is 550. The summed E-state index contributed by atoms with van der Waals surface area (Å²) < 4.78 is 38.0. The maximum atomic E-state index is 12.3. The van der Waals surface area contributed by atoms with E-state index in [0.29, 0.717) is 38.0 Å². The Hall–Kier alpha value is -1.11. The largest absolute Gasteiger partial charge is 0.491 e. The fraction of sp³-hybridized carbons (Fsp3) is 0.647. The summed E-state index contributed by atoms with van der Waals surface area (Å²) in [5.74, 6) is 1.12. The molecular formula is C17H27NO4S. The molecule has 0 aliphatic heterocycles. The fourth-order valence-electron chi connectivity index (χ4n) is 2.78. The lowest BCUT2D eigenvalue weighted by molar-refractivity contribution is 0.110. The second-order valence-electron chi connectivity index (χ2n) is 5.87. The molecule has 0 aromatic heterocycles. The van der Waals surface area contributed by atoms with E-state index >= 15 is 0 Å². The molecule has 23 heavy (non-hydrogen) atoms. The first kappa shape index (κ1) is 18.2. The van der Waals surface area contributed by atoms with Crippen LogP contribution in [-0.2, 0) is 14.8 Å². The molecule has 0 saturated heterocycles. The topological polar surface area (TPSA) is 64.6 Å². The predicted molar refractivity (Wildman–Crippen MR) is 90.2 cm³/mol. The summed E-state index contributed by atoms with van der Waals surface area (Å²) in [7, 11) is -3.44. The van der Waals surface area contributed by atoms with Crippen molar-refractivity contribution >= 4 is 10.0 Å². The van der Waals surface area contributed by atoms with Crippen LogP contribution in [0.25, 0.3) is 0 Å². The third-order valence-electron chi connectivity index (χ3n) is 4.12. The van der Waals surface area contributed by atoms with Gasteiger partial charge in [-0.15, -0.1) is 0 Å². The minimum Gasteiger partial charge on any atom is -0.491 e. The first-order chi connectivity index (χ1) is 11.1. The molecule has 0 amide bonds. The van der Waals surface area contributed by atoms with Crippen molar-refractivity contribution in [2.75, 3.05) is 26.4 Å². The summed E-state index contributed by atoms with van der Waals surface area (Å²) in [4.78, 5) is 0.283. The van der Waals surface area contributed by atoms with Gasteiger partial charge in [0.05, 0.1) is 11.5 Å². The Labute approximate surface area is 139 Å². The first-order valence-electron chi connectivity index (χ1n) is 8.42. The Balaban J connectivity index is 1.84. The quantitative estimate of drug-likeness (QED) is 0.701. The van der Waals surface area contributed by atoms with Crippen LogP contribution >= 0.6 is 0 Å². The smallest absolute Gasteiger partial charge is 0.240 e. The normalized spacial score (nSPS) is 16.4. The summed E-state index contributed by atoms with van der Waals surface area (Å²) in [6.07, 6.45) is 5.93. The lowest BCUT2D eigenvalue weighted by Gasteiger charge is -2.21. The third-order valence-corrected chi connectivity index (χ3v) is 5.56. The zero-order valence-electron chi connectivity index (χ0n) is 13.8. The highest BCUT2D eigenvalue weighted by molar-refractivity contribution is 7.89. The maximum absolute atomic E-state index is 12.3. The number of hydrogen-bond donors (Lipinski definition) is 1. The molecule has 0 unspecified atom stereocenters. The fourth-order valence-corrected chi connectivity index (χ4v) is 3.90. The van der Waals surface area contributed by atoms with Crippen LogP contribution in [0, 0.1) is 5.92 Å². The third kappa shape index (κ3) is 6.12. The number of nitrogens with one attached hydrogen (secondary N) is 1. The second kappa shape index (κ2) is 9.25. The highest BCUT2D eigenvalue weighted by atomic mass is 32.2. The lowest BCUT2D eigenvalue weighted by atomic mass is 9.90. The molecule has 2 rings (SSSR count). The molecule has 0 radical (unpaired) electrons. The van der Waals surface area contributed by atoms with Gasteiger partial charge < -0.3 is 9.47 Å². The van der Waals surface area contributed by atoms with E-state index in [1.165, 1.54) is 19.3 Å². The molecule has 1 saturated carbocycles. The van der Waals surface area contributed by atoms with Crippen molar-refractivity contribution in [1.82, 2.24) is 4.72 Å². The van der Waals surface area contributed by atoms with Gasteiger partial charge in [0.15, 0.2) is 0 Å². The average molecular weight is 341 g/mol. The van der Waals surface area contributed by atoms with Crippen LogP contribution in [0.15, 0.2) is 29.2 Å². The zero-order chi connectivity index (χ0) is 16.5. The van der Waals surface area contributed by atoms with Gasteiger partial charge in [0.2, 0.25) is 10.0 Å². The number of rotatable bonds is 9. The molecule has 1 N–H and O–H groups in total. The molecule has 1 aliphatic carbocycles. The Morgan fingerprint density at radius 1 is 1.09 bits per heavy atom. The van der Waals surface area contributed by atoms with Crippen LogP contribution in [-0.4, -0.2) is 34.8 Å². The SMILES string of the molecule is CCOCCOc1ccc(S(=O)(=O)NCC2CCCCC2)cc1. The summed E-state index contributed by atoms with van der Waals surface area (Å²) in [5.41, 5.74) is 0. The highest BCUT2D eigenvalue weighted by Gasteiger charge is 2.18. The van der Waals surface area contributed by atoms with Gasteiger partial charge in [-0.25, -0.2) is 13.1 Å². The van der Waals surface area contributed by atoms with Crippen molar-refractivity contribution in [3.05, 3.63) is 24.3 Å². The number of hydrogen-bond acceptors (Lipinski definition) is 4. The molecule has 1 aromatic rings. The molecular weight excluding hydrogens is 314 g/mol. The Morgan fingerprint density at radius 2 is 1.78 bits per heavy atom. The van der Waals surface area contributed by atoms with E-state index in [1.54, 1.807) is 24.3 Å². The van der Waals surface area contributed by atoms with Gasteiger partial charge in [-0.3, -0.25) is 0 Å². The molecule has 0 bridgehead atoms. The van der Waals surface area contributed by atoms with Crippen molar-refractivity contribution < 1.29 is 17.9 Å². The van der Waals surface area contributed by atoms with Gasteiger partial charge >= 0.3 is 0 Å². The Morgan fingerprint density at radius 3 is 2.43 bits per heavy atom. The predicted octanol–water partition coefficient (Wildman–Crippen LogP) is 2.96. The maximum Gasteiger partial charge on any atom is 0.240 e. The molecule has 130 valence electrons. The van der Waals surface area contributed by atoms with Crippen molar-refractivity contribution in [2.45, 2.75) is 43.9 Å². The van der Waals surface area contributed by atoms with Gasteiger partial charge in [0.1, 0.15) is 12.4 Å². The van der Waals surface area contributed by atoms with Crippen LogP contribution in [0.4, 0.5) is 0 Å². The van der Waals surface area contributed by atoms with Gasteiger partial charge in [0, 0.05) is 13.2 Å². The molecule has 0 spiro atoms. The van der Waals surface area contributed by atoms with Crippen LogP contribution in [0.2, 0.25) is 0 Å². The number of ether oxygens (including phenoxy) is 2. The van der Waals surface area contributed by atoms with E-state index in [4.69, 9.17) is 9.47 Å². The van der Waals surface area contributed by atoms with Gasteiger partial charge in [0.25, 0.3) is 0 Å². The molecule has 0 heterocycles. The first-order valence-corrected chi connectivity index (χ1v) is 9.90. The minimum absolute atomic E-state index is 0.283. The van der Waals surface area contributed by atoms with E-state index in [2.05, 4.69) is 4.72 Å². The van der Waals surface area contributed by atoms with Crippen LogP contribution in [0.3, 0.4) is 0 Å². The highest BCUT2D eigenvalue weighted by Crippen LogP contribution is 2.23. The second-order valence-corrected chi connectivity index (χ2v) is 7.64. The van der Waals surface area contributed by atoms with E-state index in [1.807, 2.05) is 6.92 Å². The zero-order valence-corrected chi connectivity index (χ0v) is 14.6. The van der Waals surface area contributed by atoms with Gasteiger partial charge in [-0.05, 0) is 49.9 Å². The van der Waals surface area contributed by atoms with Crippen LogP contribution in [0.1, 0.15) is 39.0 Å². The molecule has 1 fully saturated rings. The van der Waals surface area contributed by atoms with Gasteiger partial charge in [-0.2, -0.15) is 0 Å². The number of benzene rings is 1. The van der Waals surface area contributed by atoms with Gasteiger partial charge in [-0.1, -0.05) is 19.3 Å². The summed E-state index contributed by atoms with van der Waals surface area (Å²) >= 11 is 0. The molecule has 1 aliphatic rings. The summed E-state index contributed by atoms with van der Waals surface area (Å²) in [5, 5.41) is 0. The van der Waals surface area contributed by atoms with Crippen molar-refractivity contribution in [3.8, 4) is 5.75 Å². The molecule has 0 atom stereocenters. The van der Waals surface area contributed by atoms with Crippen molar-refractivity contribution in [2.24, 2.45) is 5.92 Å². The van der Waals surface area contributed by atoms with E-state index in [9.17, 15) is 8.42 Å². The molecule has 1 aromatic carbocycles. The van der Waals surface area contributed by atoms with Crippen LogP contribution in [0.5, 0.6) is 5.75 Å². The number of sulfonamides is 1. The minimum atomic E-state index is -3.44. The summed E-state index contributed by atoms with van der Waals surface area (Å²) in [6.45, 7) is 4.11. The lowest BCUT2D eigenvalue weighted by Crippen LogP contribution is -2.30. The summed E-state index contributed by atoms with van der Waals surface area (Å²) in [6, 6.07) is 6.53. The van der Waals surface area contributed by atoms with Crippen molar-refractivity contribution in [3.63, 3.8) is 0 Å². The Kier molecular flexibility index (Phi) is 7.33. The van der Waals surface area contributed by atoms with E-state index in [0.717, 1.165) is 12.8 Å². The standard InChI is InChI=1S/C17H27NO4S/c1-2-21-12-13-22-16-8-10-17(11-9-16)23(19,20)18-14-15-6-4-3-5-7-15/h8-11,15,18H,2-7,12-14H2,1H3.